The van der Waals surface area contributed by atoms with Gasteiger partial charge in [-0.15, -0.1) is 0 Å². The van der Waals surface area contributed by atoms with E-state index in [2.05, 4.69) is 4.74 Å². The van der Waals surface area contributed by atoms with Crippen LogP contribution in [0.5, 0.6) is 0 Å². The van der Waals surface area contributed by atoms with E-state index in [1.807, 2.05) is 0 Å². The predicted octanol–water partition coefficient (Wildman–Crippen LogP) is 0.839. The lowest BCUT2D eigenvalue weighted by Gasteiger charge is -2.26. The van der Waals surface area contributed by atoms with E-state index >= 15 is 0 Å². The molecule has 0 bridgehead atoms. The summed E-state index contributed by atoms with van der Waals surface area (Å²) in [5, 5.41) is 0. The molecule has 0 heterocycles. The minimum atomic E-state index is -0.869. The third kappa shape index (κ3) is 2.53. The molecule has 68 valence electrons. The highest BCUT2D eigenvalue weighted by molar-refractivity contribution is 5.68. The van der Waals surface area contributed by atoms with Gasteiger partial charge in [0.25, 0.3) is 0 Å². The molecule has 4 nitrogen and oxygen atoms in total. The van der Waals surface area contributed by atoms with E-state index in [9.17, 15) is 9.59 Å². The standard InChI is InChI=1S/C8H13NO3/c9-8(11)12-7(5-10)4-6-2-1-3-6/h5-7H,1-4H2,(H2,9,11). The molecule has 1 saturated carbocycles. The number of rotatable bonds is 4. The van der Waals surface area contributed by atoms with Crippen molar-refractivity contribution < 1.29 is 14.3 Å². The Bertz CT molecular complexity index is 177. The van der Waals surface area contributed by atoms with Crippen LogP contribution in [0.2, 0.25) is 0 Å². The number of hydrogen-bond acceptors (Lipinski definition) is 3. The Morgan fingerprint density at radius 3 is 2.67 bits per heavy atom. The highest BCUT2D eigenvalue weighted by Gasteiger charge is 2.23. The van der Waals surface area contributed by atoms with Crippen LogP contribution in [0.4, 0.5) is 4.79 Å². The molecule has 1 rings (SSSR count). The Balaban J connectivity index is 2.23. The van der Waals surface area contributed by atoms with Gasteiger partial charge in [-0.05, 0) is 12.3 Å². The maximum Gasteiger partial charge on any atom is 0.405 e. The summed E-state index contributed by atoms with van der Waals surface area (Å²) >= 11 is 0. The van der Waals surface area contributed by atoms with Gasteiger partial charge in [-0.2, -0.15) is 0 Å². The van der Waals surface area contributed by atoms with Crippen LogP contribution >= 0.6 is 0 Å². The largest absolute Gasteiger partial charge is 0.439 e. The van der Waals surface area contributed by atoms with E-state index in [4.69, 9.17) is 5.73 Å². The van der Waals surface area contributed by atoms with E-state index in [-0.39, 0.29) is 0 Å². The Labute approximate surface area is 71.1 Å². The van der Waals surface area contributed by atoms with Gasteiger partial charge in [-0.25, -0.2) is 4.79 Å². The van der Waals surface area contributed by atoms with Crippen molar-refractivity contribution in [1.29, 1.82) is 0 Å². The quantitative estimate of drug-likeness (QED) is 0.637. The first-order chi connectivity index (χ1) is 5.72. The highest BCUT2D eigenvalue weighted by Crippen LogP contribution is 2.30. The maximum atomic E-state index is 10.4. The molecule has 1 atom stereocenters. The van der Waals surface area contributed by atoms with E-state index in [1.54, 1.807) is 0 Å². The van der Waals surface area contributed by atoms with Crippen molar-refractivity contribution in [2.24, 2.45) is 11.7 Å². The van der Waals surface area contributed by atoms with Crippen LogP contribution in [0.15, 0.2) is 0 Å². The van der Waals surface area contributed by atoms with Gasteiger partial charge < -0.3 is 10.5 Å². The summed E-state index contributed by atoms with van der Waals surface area (Å²) in [5.41, 5.74) is 4.78. The second kappa shape index (κ2) is 4.09. The van der Waals surface area contributed by atoms with Gasteiger partial charge in [0.05, 0.1) is 0 Å². The number of primary amides is 1. The van der Waals surface area contributed by atoms with Crippen molar-refractivity contribution in [1.82, 2.24) is 0 Å². The molecule has 0 spiro atoms. The summed E-state index contributed by atoms with van der Waals surface area (Å²) in [7, 11) is 0. The molecule has 1 aliphatic rings. The van der Waals surface area contributed by atoms with Gasteiger partial charge in [0, 0.05) is 0 Å². The number of carbonyl (C=O) groups excluding carboxylic acids is 2. The fraction of sp³-hybridized carbons (Fsp3) is 0.750. The van der Waals surface area contributed by atoms with Crippen molar-refractivity contribution in [2.45, 2.75) is 31.8 Å². The van der Waals surface area contributed by atoms with Gasteiger partial charge >= 0.3 is 6.09 Å². The Morgan fingerprint density at radius 1 is 1.67 bits per heavy atom. The van der Waals surface area contributed by atoms with Crippen molar-refractivity contribution in [3.63, 3.8) is 0 Å². The van der Waals surface area contributed by atoms with E-state index in [0.29, 0.717) is 18.6 Å². The molecule has 4 heteroatoms. The third-order valence-electron chi connectivity index (χ3n) is 2.21. The average Bonchev–Trinajstić information content (AvgIpc) is 1.93. The van der Waals surface area contributed by atoms with Crippen LogP contribution in [-0.2, 0) is 9.53 Å². The van der Waals surface area contributed by atoms with Gasteiger partial charge in [0.1, 0.15) is 0 Å². The molecule has 0 aromatic carbocycles. The minimum Gasteiger partial charge on any atom is -0.439 e. The maximum absolute atomic E-state index is 10.4. The smallest absolute Gasteiger partial charge is 0.405 e. The summed E-state index contributed by atoms with van der Waals surface area (Å²) < 4.78 is 4.58. The zero-order valence-electron chi connectivity index (χ0n) is 6.86. The zero-order chi connectivity index (χ0) is 8.97. The number of hydrogen-bond donors (Lipinski definition) is 1. The van der Waals surface area contributed by atoms with Crippen LogP contribution in [0.1, 0.15) is 25.7 Å². The Kier molecular flexibility index (Phi) is 3.08. The molecule has 0 aromatic heterocycles. The summed E-state index contributed by atoms with van der Waals surface area (Å²) in [5.74, 6) is 0.541. The first-order valence-electron chi connectivity index (χ1n) is 4.13. The molecule has 1 unspecified atom stereocenters. The molecule has 0 aromatic rings. The first-order valence-corrected chi connectivity index (χ1v) is 4.13. The van der Waals surface area contributed by atoms with Gasteiger partial charge in [-0.1, -0.05) is 19.3 Å². The fourth-order valence-electron chi connectivity index (χ4n) is 1.34. The first kappa shape index (κ1) is 9.03. The second-order valence-electron chi connectivity index (χ2n) is 3.14. The molecule has 12 heavy (non-hydrogen) atoms. The summed E-state index contributed by atoms with van der Waals surface area (Å²) in [6, 6.07) is 0. The Morgan fingerprint density at radius 2 is 2.33 bits per heavy atom. The molecule has 0 radical (unpaired) electrons. The normalized spacial score (nSPS) is 19.3. The number of carbonyl (C=O) groups is 2. The van der Waals surface area contributed by atoms with Gasteiger partial charge in [-0.3, -0.25) is 4.79 Å². The van der Waals surface area contributed by atoms with Crippen molar-refractivity contribution in [2.75, 3.05) is 0 Å². The lowest BCUT2D eigenvalue weighted by Crippen LogP contribution is -2.28. The number of amides is 1. The molecule has 0 aliphatic heterocycles. The fourth-order valence-corrected chi connectivity index (χ4v) is 1.34. The summed E-state index contributed by atoms with van der Waals surface area (Å²) in [6.45, 7) is 0. The highest BCUT2D eigenvalue weighted by atomic mass is 16.6. The molecule has 1 fully saturated rings. The lowest BCUT2D eigenvalue weighted by atomic mass is 9.81. The van der Waals surface area contributed by atoms with E-state index < -0.39 is 12.2 Å². The van der Waals surface area contributed by atoms with Crippen molar-refractivity contribution in [3.05, 3.63) is 0 Å². The van der Waals surface area contributed by atoms with Crippen LogP contribution in [-0.4, -0.2) is 18.5 Å². The van der Waals surface area contributed by atoms with Crippen molar-refractivity contribution >= 4 is 12.4 Å². The van der Waals surface area contributed by atoms with Crippen LogP contribution in [0.3, 0.4) is 0 Å². The van der Waals surface area contributed by atoms with E-state index in [1.165, 1.54) is 6.42 Å². The molecule has 1 amide bonds. The molecule has 0 saturated heterocycles. The second-order valence-corrected chi connectivity index (χ2v) is 3.14. The summed E-state index contributed by atoms with van der Waals surface area (Å²) in [4.78, 5) is 20.7. The SMILES string of the molecule is NC(=O)OC(C=O)CC1CCC1. The molecule has 2 N–H and O–H groups in total. The van der Waals surface area contributed by atoms with E-state index in [0.717, 1.165) is 12.8 Å². The van der Waals surface area contributed by atoms with Crippen LogP contribution < -0.4 is 5.73 Å². The number of nitrogens with two attached hydrogens (primary N) is 1. The third-order valence-corrected chi connectivity index (χ3v) is 2.21. The Hall–Kier alpha value is -1.06. The van der Waals surface area contributed by atoms with Gasteiger partial charge in [0.2, 0.25) is 0 Å². The average molecular weight is 171 g/mol. The lowest BCUT2D eigenvalue weighted by molar-refractivity contribution is -0.116. The topological polar surface area (TPSA) is 69.4 Å². The van der Waals surface area contributed by atoms with Gasteiger partial charge in [0.15, 0.2) is 12.4 Å². The van der Waals surface area contributed by atoms with Crippen LogP contribution in [0, 0.1) is 5.92 Å². The summed E-state index contributed by atoms with van der Waals surface area (Å²) in [6.07, 6.45) is 3.25. The minimum absolute atomic E-state index is 0.541. The molecular formula is C8H13NO3. The van der Waals surface area contributed by atoms with Crippen molar-refractivity contribution in [3.8, 4) is 0 Å². The molecule has 1 aliphatic carbocycles. The zero-order valence-corrected chi connectivity index (χ0v) is 6.86. The van der Waals surface area contributed by atoms with Crippen LogP contribution in [0.25, 0.3) is 0 Å². The number of aldehydes is 1. The molecular weight excluding hydrogens is 158 g/mol. The number of ether oxygens (including phenoxy) is 1. The predicted molar refractivity (Wildman–Crippen MR) is 42.5 cm³/mol. The monoisotopic (exact) mass is 171 g/mol.